The number of allylic oxidation sites excluding steroid dienone is 3. The van der Waals surface area contributed by atoms with Gasteiger partial charge in [-0.2, -0.15) is 8.42 Å². The van der Waals surface area contributed by atoms with E-state index in [0.717, 1.165) is 17.5 Å². The molecule has 0 radical (unpaired) electrons. The van der Waals surface area contributed by atoms with Crippen molar-refractivity contribution in [3.05, 3.63) is 65.1 Å². The maximum absolute atomic E-state index is 11.6. The molecule has 1 aromatic rings. The molecular formula is C15H13ClN2O3S. The van der Waals surface area contributed by atoms with Gasteiger partial charge in [-0.1, -0.05) is 29.8 Å². The Morgan fingerprint density at radius 3 is 2.91 bits per heavy atom. The molecule has 0 aromatic carbocycles. The highest BCUT2D eigenvalue weighted by atomic mass is 35.5. The number of hydrogen-bond acceptors (Lipinski definition) is 5. The number of aliphatic imine (C=N–C) groups is 1. The fraction of sp³-hybridized carbons (Fsp3) is 0.200. The Labute approximate surface area is 133 Å². The van der Waals surface area contributed by atoms with Crippen molar-refractivity contribution in [2.24, 2.45) is 10.9 Å². The van der Waals surface area contributed by atoms with Crippen LogP contribution in [0.3, 0.4) is 0 Å². The van der Waals surface area contributed by atoms with Crippen molar-refractivity contribution in [3.8, 4) is 0 Å². The van der Waals surface area contributed by atoms with Crippen LogP contribution >= 0.6 is 11.6 Å². The molecule has 2 unspecified atom stereocenters. The number of halogens is 1. The molecule has 1 aliphatic heterocycles. The molecule has 114 valence electrons. The van der Waals surface area contributed by atoms with Crippen LogP contribution in [0.2, 0.25) is 5.15 Å². The maximum atomic E-state index is 11.6. The van der Waals surface area contributed by atoms with Crippen molar-refractivity contribution < 1.29 is 12.6 Å². The predicted molar refractivity (Wildman–Crippen MR) is 85.2 cm³/mol. The number of pyridine rings is 1. The molecule has 2 heterocycles. The third-order valence-corrected chi connectivity index (χ3v) is 4.21. The van der Waals surface area contributed by atoms with Crippen molar-refractivity contribution in [1.29, 1.82) is 0 Å². The maximum Gasteiger partial charge on any atom is 0.265 e. The fourth-order valence-corrected chi connectivity index (χ4v) is 3.25. The summed E-state index contributed by atoms with van der Waals surface area (Å²) in [5.41, 5.74) is 2.32. The topological polar surface area (TPSA) is 68.6 Å². The molecule has 0 spiro atoms. The van der Waals surface area contributed by atoms with E-state index < -0.39 is 16.2 Å². The first-order chi connectivity index (χ1) is 10.4. The molecule has 0 saturated heterocycles. The van der Waals surface area contributed by atoms with Gasteiger partial charge in [0.1, 0.15) is 11.3 Å². The quantitative estimate of drug-likeness (QED) is 0.626. The van der Waals surface area contributed by atoms with Gasteiger partial charge in [-0.25, -0.2) is 4.98 Å². The highest BCUT2D eigenvalue weighted by molar-refractivity contribution is 7.86. The van der Waals surface area contributed by atoms with Gasteiger partial charge in [0.2, 0.25) is 0 Å². The summed E-state index contributed by atoms with van der Waals surface area (Å²) >= 11 is 6.11. The first-order valence-corrected chi connectivity index (χ1v) is 8.77. The van der Waals surface area contributed by atoms with E-state index in [9.17, 15) is 8.42 Å². The summed E-state index contributed by atoms with van der Waals surface area (Å²) in [5, 5.41) is 0.226. The molecule has 1 aromatic heterocycles. The number of rotatable bonds is 4. The van der Waals surface area contributed by atoms with Crippen LogP contribution in [0, 0.1) is 5.92 Å². The second-order valence-electron chi connectivity index (χ2n) is 4.99. The Morgan fingerprint density at radius 2 is 2.18 bits per heavy atom. The van der Waals surface area contributed by atoms with Crippen LogP contribution in [0.15, 0.2) is 59.4 Å². The number of fused-ring (bicyclic) bond motifs is 1. The van der Waals surface area contributed by atoms with Crippen LogP contribution < -0.4 is 0 Å². The van der Waals surface area contributed by atoms with Gasteiger partial charge in [0.15, 0.2) is 0 Å². The number of nitrogens with zero attached hydrogens (tertiary/aromatic N) is 2. The summed E-state index contributed by atoms with van der Waals surface area (Å²) < 4.78 is 28.5. The second kappa shape index (κ2) is 5.79. The zero-order valence-corrected chi connectivity index (χ0v) is 13.3. The molecule has 22 heavy (non-hydrogen) atoms. The van der Waals surface area contributed by atoms with Gasteiger partial charge in [0.05, 0.1) is 12.0 Å². The summed E-state index contributed by atoms with van der Waals surface area (Å²) in [7, 11) is -3.66. The molecule has 0 saturated carbocycles. The van der Waals surface area contributed by atoms with E-state index in [1.54, 1.807) is 24.5 Å². The first kappa shape index (κ1) is 15.1. The second-order valence-corrected chi connectivity index (χ2v) is 6.95. The van der Waals surface area contributed by atoms with E-state index in [0.29, 0.717) is 5.56 Å². The lowest BCUT2D eigenvalue weighted by Gasteiger charge is -2.24. The minimum atomic E-state index is -3.66. The molecule has 0 bridgehead atoms. The van der Waals surface area contributed by atoms with Crippen LogP contribution in [-0.2, 0) is 14.3 Å². The predicted octanol–water partition coefficient (Wildman–Crippen LogP) is 2.83. The van der Waals surface area contributed by atoms with Crippen LogP contribution in [-0.4, -0.2) is 25.4 Å². The number of hydrogen-bond donors (Lipinski definition) is 0. The van der Waals surface area contributed by atoms with Crippen molar-refractivity contribution in [1.82, 2.24) is 4.98 Å². The Morgan fingerprint density at radius 1 is 1.36 bits per heavy atom. The Bertz CT molecular complexity index is 825. The molecular weight excluding hydrogens is 324 g/mol. The zero-order chi connectivity index (χ0) is 15.7. The van der Waals surface area contributed by atoms with Crippen molar-refractivity contribution in [2.45, 2.75) is 6.10 Å². The summed E-state index contributed by atoms with van der Waals surface area (Å²) in [6, 6.07) is 3.41. The van der Waals surface area contributed by atoms with E-state index in [4.69, 9.17) is 15.8 Å². The summed E-state index contributed by atoms with van der Waals surface area (Å²) in [4.78, 5) is 8.20. The smallest absolute Gasteiger partial charge is 0.261 e. The average molecular weight is 337 g/mol. The lowest BCUT2D eigenvalue weighted by Crippen LogP contribution is -2.20. The van der Waals surface area contributed by atoms with Gasteiger partial charge in [0, 0.05) is 23.9 Å². The molecule has 0 fully saturated rings. The minimum absolute atomic E-state index is 0.226. The van der Waals surface area contributed by atoms with Crippen LogP contribution in [0.5, 0.6) is 0 Å². The molecule has 3 rings (SSSR count). The Balaban J connectivity index is 2.02. The SMILES string of the molecule is CS(=O)(=O)OC(c1cccnc1Cl)C1C=CC2=NC=CC2=C1. The molecule has 5 nitrogen and oxygen atoms in total. The van der Waals surface area contributed by atoms with Crippen molar-refractivity contribution in [3.63, 3.8) is 0 Å². The highest BCUT2D eigenvalue weighted by Crippen LogP contribution is 2.36. The standard InChI is InChI=1S/C15H13ClN2O3S/c1-22(19,20)21-14(12-3-2-7-18-15(12)16)11-4-5-13-10(9-11)6-8-17-13/h2-9,11,14H,1H3. The molecule has 2 aliphatic rings. The van der Waals surface area contributed by atoms with Gasteiger partial charge < -0.3 is 0 Å². The molecule has 1 aliphatic carbocycles. The van der Waals surface area contributed by atoms with Gasteiger partial charge >= 0.3 is 0 Å². The summed E-state index contributed by atoms with van der Waals surface area (Å²) in [6.07, 6.45) is 11.0. The van der Waals surface area contributed by atoms with E-state index in [1.165, 1.54) is 0 Å². The zero-order valence-electron chi connectivity index (χ0n) is 11.7. The van der Waals surface area contributed by atoms with E-state index in [2.05, 4.69) is 9.98 Å². The van der Waals surface area contributed by atoms with Crippen LogP contribution in [0.1, 0.15) is 11.7 Å². The van der Waals surface area contributed by atoms with E-state index >= 15 is 0 Å². The van der Waals surface area contributed by atoms with Gasteiger partial charge in [0.25, 0.3) is 10.1 Å². The fourth-order valence-electron chi connectivity index (χ4n) is 2.41. The van der Waals surface area contributed by atoms with E-state index in [-0.39, 0.29) is 11.1 Å². The molecule has 0 amide bonds. The highest BCUT2D eigenvalue weighted by Gasteiger charge is 2.29. The minimum Gasteiger partial charge on any atom is -0.261 e. The third-order valence-electron chi connectivity index (χ3n) is 3.33. The monoisotopic (exact) mass is 336 g/mol. The van der Waals surface area contributed by atoms with Crippen LogP contribution in [0.25, 0.3) is 0 Å². The lowest BCUT2D eigenvalue weighted by molar-refractivity contribution is 0.188. The summed E-state index contributed by atoms with van der Waals surface area (Å²) in [6.45, 7) is 0. The normalized spacial score (nSPS) is 21.3. The lowest BCUT2D eigenvalue weighted by atomic mass is 9.89. The van der Waals surface area contributed by atoms with Gasteiger partial charge in [-0.15, -0.1) is 0 Å². The molecule has 7 heteroatoms. The van der Waals surface area contributed by atoms with Gasteiger partial charge in [-0.05, 0) is 23.8 Å². The largest absolute Gasteiger partial charge is 0.265 e. The Kier molecular flexibility index (Phi) is 3.99. The van der Waals surface area contributed by atoms with Crippen molar-refractivity contribution in [2.75, 3.05) is 6.26 Å². The van der Waals surface area contributed by atoms with Crippen LogP contribution in [0.4, 0.5) is 0 Å². The first-order valence-electron chi connectivity index (χ1n) is 6.57. The average Bonchev–Trinajstić information content (AvgIpc) is 2.92. The van der Waals surface area contributed by atoms with E-state index in [1.807, 2.05) is 24.3 Å². The Hall–Kier alpha value is -1.76. The third kappa shape index (κ3) is 3.19. The summed E-state index contributed by atoms with van der Waals surface area (Å²) in [5.74, 6) is -0.284. The molecule has 0 N–H and O–H groups in total. The number of aromatic nitrogens is 1. The molecule has 2 atom stereocenters. The van der Waals surface area contributed by atoms with Gasteiger partial charge in [-0.3, -0.25) is 9.18 Å². The van der Waals surface area contributed by atoms with Crippen molar-refractivity contribution >= 4 is 27.4 Å².